The van der Waals surface area contributed by atoms with Gasteiger partial charge in [-0.25, -0.2) is 0 Å². The lowest BCUT2D eigenvalue weighted by Gasteiger charge is -2.58. The number of ether oxygens (including phenoxy) is 2. The van der Waals surface area contributed by atoms with Gasteiger partial charge in [0.05, 0.1) is 7.11 Å². The molecule has 25 heavy (non-hydrogen) atoms. The Hall–Kier alpha value is -0.900. The van der Waals surface area contributed by atoms with Crippen LogP contribution in [0.5, 0.6) is 0 Å². The van der Waals surface area contributed by atoms with Crippen LogP contribution in [0, 0.1) is 28.6 Å². The average Bonchev–Trinajstić information content (AvgIpc) is 3.27. The van der Waals surface area contributed by atoms with Crippen molar-refractivity contribution in [2.45, 2.75) is 84.8 Å². The number of hydrogen-bond donors (Lipinski definition) is 0. The van der Waals surface area contributed by atoms with E-state index in [1.165, 1.54) is 13.5 Å². The van der Waals surface area contributed by atoms with Crippen molar-refractivity contribution in [2.24, 2.45) is 28.6 Å². The van der Waals surface area contributed by atoms with E-state index in [0.29, 0.717) is 36.4 Å². The third-order valence-electron chi connectivity index (χ3n) is 8.34. The molecule has 0 aromatic rings. The van der Waals surface area contributed by atoms with Gasteiger partial charge in [0.25, 0.3) is 0 Å². The quantitative estimate of drug-likeness (QED) is 0.552. The van der Waals surface area contributed by atoms with Gasteiger partial charge in [0.15, 0.2) is 5.78 Å². The van der Waals surface area contributed by atoms with Crippen molar-refractivity contribution in [2.75, 3.05) is 7.11 Å². The van der Waals surface area contributed by atoms with Crippen molar-refractivity contribution in [3.8, 4) is 0 Å². The summed E-state index contributed by atoms with van der Waals surface area (Å²) in [6, 6.07) is 0. The van der Waals surface area contributed by atoms with Crippen LogP contribution in [0.25, 0.3) is 0 Å². The van der Waals surface area contributed by atoms with E-state index in [1.807, 2.05) is 0 Å². The molecule has 0 radical (unpaired) electrons. The molecule has 3 aliphatic rings. The smallest absolute Gasteiger partial charge is 0.305 e. The highest BCUT2D eigenvalue weighted by molar-refractivity contribution is 5.89. The number of Topliss-reactive ketones (excluding diaryl/α,β-unsaturated/α-hetero) is 1. The summed E-state index contributed by atoms with van der Waals surface area (Å²) in [5, 5.41) is 0. The molecule has 0 bridgehead atoms. The van der Waals surface area contributed by atoms with Crippen LogP contribution in [0.3, 0.4) is 0 Å². The van der Waals surface area contributed by atoms with Crippen molar-refractivity contribution in [1.82, 2.24) is 0 Å². The first-order chi connectivity index (χ1) is 11.6. The van der Waals surface area contributed by atoms with E-state index >= 15 is 0 Å². The summed E-state index contributed by atoms with van der Waals surface area (Å²) >= 11 is 0. The van der Waals surface area contributed by atoms with E-state index < -0.39 is 0 Å². The van der Waals surface area contributed by atoms with Crippen LogP contribution in [0.2, 0.25) is 0 Å². The normalized spacial score (nSPS) is 46.8. The third kappa shape index (κ3) is 2.75. The summed E-state index contributed by atoms with van der Waals surface area (Å²) in [4.78, 5) is 24.1. The zero-order chi connectivity index (χ0) is 18.6. The molecule has 2 aliphatic carbocycles. The molecule has 1 heterocycles. The maximum atomic E-state index is 12.6. The van der Waals surface area contributed by atoms with Crippen LogP contribution in [0.1, 0.15) is 73.1 Å². The van der Waals surface area contributed by atoms with Crippen molar-refractivity contribution in [3.05, 3.63) is 0 Å². The number of esters is 1. The highest BCUT2D eigenvalue weighted by Crippen LogP contribution is 2.69. The lowest BCUT2D eigenvalue weighted by molar-refractivity contribution is -0.142. The van der Waals surface area contributed by atoms with Crippen molar-refractivity contribution in [3.63, 3.8) is 0 Å². The Bertz CT molecular complexity index is 572. The lowest BCUT2D eigenvalue weighted by atomic mass is 9.44. The van der Waals surface area contributed by atoms with E-state index in [0.717, 1.165) is 19.3 Å². The second-order valence-corrected chi connectivity index (χ2v) is 9.62. The maximum absolute atomic E-state index is 12.6. The van der Waals surface area contributed by atoms with Gasteiger partial charge in [-0.15, -0.1) is 0 Å². The van der Waals surface area contributed by atoms with Crippen LogP contribution in [-0.4, -0.2) is 30.6 Å². The molecule has 1 aliphatic heterocycles. The molecule has 0 aromatic carbocycles. The van der Waals surface area contributed by atoms with E-state index in [9.17, 15) is 9.59 Å². The topological polar surface area (TPSA) is 55.9 Å². The van der Waals surface area contributed by atoms with Gasteiger partial charge in [-0.05, 0) is 55.8 Å². The molecule has 4 nitrogen and oxygen atoms in total. The standard InChI is InChI=1S/C21H34O4/c1-13(11-17(23)24-6)7-9-19(3)14(2)8-10-20(4)16(19)12-15(22)18-21(20,5)25-18/h13-14,16,18H,7-12H2,1-6H3/t13-,14-,16-,18+,19+,20-,21+/m1/s1. The number of epoxide rings is 1. The molecule has 2 saturated carbocycles. The largest absolute Gasteiger partial charge is 0.469 e. The second kappa shape index (κ2) is 6.07. The van der Waals surface area contributed by atoms with Crippen LogP contribution in [0.4, 0.5) is 0 Å². The summed E-state index contributed by atoms with van der Waals surface area (Å²) in [7, 11) is 1.45. The molecule has 0 spiro atoms. The molecule has 0 unspecified atom stereocenters. The first-order valence-corrected chi connectivity index (χ1v) is 9.86. The highest BCUT2D eigenvalue weighted by Gasteiger charge is 2.74. The van der Waals surface area contributed by atoms with Crippen LogP contribution < -0.4 is 0 Å². The van der Waals surface area contributed by atoms with Gasteiger partial charge in [-0.2, -0.15) is 0 Å². The van der Waals surface area contributed by atoms with Crippen molar-refractivity contribution >= 4 is 11.8 Å². The Morgan fingerprint density at radius 2 is 2.04 bits per heavy atom. The SMILES string of the molecule is COC(=O)C[C@H](C)CC[C@@]1(C)[C@H](C)CC[C@]2(C)[C@@H]1CC(=O)[C@@H]1O[C@@]12C. The molecule has 1 saturated heterocycles. The van der Waals surface area contributed by atoms with Gasteiger partial charge in [0.2, 0.25) is 0 Å². The second-order valence-electron chi connectivity index (χ2n) is 9.62. The fraction of sp³-hybridized carbons (Fsp3) is 0.905. The number of methoxy groups -OCH3 is 1. The summed E-state index contributed by atoms with van der Waals surface area (Å²) in [6.07, 6.45) is 5.36. The van der Waals surface area contributed by atoms with E-state index in [1.54, 1.807) is 0 Å². The Labute approximate surface area is 152 Å². The zero-order valence-corrected chi connectivity index (χ0v) is 16.7. The lowest BCUT2D eigenvalue weighted by Crippen LogP contribution is -2.58. The van der Waals surface area contributed by atoms with Gasteiger partial charge in [0.1, 0.15) is 11.7 Å². The molecule has 142 valence electrons. The molecule has 7 atom stereocenters. The minimum atomic E-state index is -0.258. The monoisotopic (exact) mass is 350 g/mol. The highest BCUT2D eigenvalue weighted by atomic mass is 16.6. The zero-order valence-electron chi connectivity index (χ0n) is 16.7. The van der Waals surface area contributed by atoms with Gasteiger partial charge in [-0.1, -0.05) is 27.7 Å². The number of ketones is 1. The molecule has 0 N–H and O–H groups in total. The van der Waals surface area contributed by atoms with Crippen LogP contribution >= 0.6 is 0 Å². The number of carbonyl (C=O) groups is 2. The minimum absolute atomic E-state index is 0.0818. The molecular weight excluding hydrogens is 316 g/mol. The van der Waals surface area contributed by atoms with Crippen LogP contribution in [0.15, 0.2) is 0 Å². The van der Waals surface area contributed by atoms with Gasteiger partial charge in [0, 0.05) is 18.3 Å². The molecule has 0 amide bonds. The predicted octanol–water partition coefficient (Wildman–Crippen LogP) is 4.15. The van der Waals surface area contributed by atoms with E-state index in [-0.39, 0.29) is 28.5 Å². The predicted molar refractivity (Wildman–Crippen MR) is 96.0 cm³/mol. The number of hydrogen-bond acceptors (Lipinski definition) is 4. The molecular formula is C21H34O4. The minimum Gasteiger partial charge on any atom is -0.469 e. The first kappa shape index (κ1) is 18.9. The fourth-order valence-corrected chi connectivity index (χ4v) is 5.92. The number of rotatable bonds is 5. The van der Waals surface area contributed by atoms with Crippen molar-refractivity contribution < 1.29 is 19.1 Å². The fourth-order valence-electron chi connectivity index (χ4n) is 5.92. The third-order valence-corrected chi connectivity index (χ3v) is 8.34. The Kier molecular flexibility index (Phi) is 4.59. The number of fused-ring (bicyclic) bond motifs is 3. The molecule has 3 rings (SSSR count). The molecule has 0 aromatic heterocycles. The van der Waals surface area contributed by atoms with Crippen molar-refractivity contribution in [1.29, 1.82) is 0 Å². The molecule has 4 heteroatoms. The van der Waals surface area contributed by atoms with Gasteiger partial charge >= 0.3 is 5.97 Å². The van der Waals surface area contributed by atoms with Crippen LogP contribution in [-0.2, 0) is 19.1 Å². The maximum Gasteiger partial charge on any atom is 0.305 e. The van der Waals surface area contributed by atoms with E-state index in [2.05, 4.69) is 34.6 Å². The summed E-state index contributed by atoms with van der Waals surface area (Å²) in [6.45, 7) is 11.4. The summed E-state index contributed by atoms with van der Waals surface area (Å²) in [5.41, 5.74) is -0.0581. The summed E-state index contributed by atoms with van der Waals surface area (Å²) in [5.74, 6) is 1.43. The average molecular weight is 350 g/mol. The Morgan fingerprint density at radius 3 is 2.68 bits per heavy atom. The number of carbonyl (C=O) groups excluding carboxylic acids is 2. The Morgan fingerprint density at radius 1 is 1.36 bits per heavy atom. The Balaban J connectivity index is 1.78. The first-order valence-electron chi connectivity index (χ1n) is 9.86. The van der Waals surface area contributed by atoms with E-state index in [4.69, 9.17) is 9.47 Å². The molecule has 3 fully saturated rings. The van der Waals surface area contributed by atoms with Gasteiger partial charge < -0.3 is 9.47 Å². The van der Waals surface area contributed by atoms with Gasteiger partial charge in [-0.3, -0.25) is 9.59 Å². The summed E-state index contributed by atoms with van der Waals surface area (Å²) < 4.78 is 10.8.